The Kier molecular flexibility index (Phi) is 3.18. The average Bonchev–Trinajstić information content (AvgIpc) is 2.81. The van der Waals surface area contributed by atoms with E-state index in [2.05, 4.69) is 32.9 Å². The molecule has 0 saturated heterocycles. The highest BCUT2D eigenvalue weighted by atomic mass is 32.2. The van der Waals surface area contributed by atoms with E-state index in [0.29, 0.717) is 11.7 Å². The molecule has 3 aromatic rings. The summed E-state index contributed by atoms with van der Waals surface area (Å²) >= 11 is 1.41. The number of rotatable bonds is 3. The fourth-order valence-electron chi connectivity index (χ4n) is 1.74. The number of fused-ring (bicyclic) bond motifs is 1. The molecular formula is C13H13N5S. The first kappa shape index (κ1) is 12.1. The van der Waals surface area contributed by atoms with Gasteiger partial charge in [0.2, 0.25) is 0 Å². The third kappa shape index (κ3) is 2.59. The zero-order chi connectivity index (χ0) is 13.2. The van der Waals surface area contributed by atoms with Crippen LogP contribution in [0.2, 0.25) is 0 Å². The van der Waals surface area contributed by atoms with Gasteiger partial charge >= 0.3 is 0 Å². The summed E-state index contributed by atoms with van der Waals surface area (Å²) in [5, 5.41) is 1.45. The van der Waals surface area contributed by atoms with E-state index in [0.717, 1.165) is 21.8 Å². The largest absolute Gasteiger partial charge is 0.333 e. The van der Waals surface area contributed by atoms with E-state index in [1.165, 1.54) is 17.3 Å². The van der Waals surface area contributed by atoms with Crippen molar-refractivity contribution in [3.05, 3.63) is 41.7 Å². The van der Waals surface area contributed by atoms with Crippen molar-refractivity contribution >= 4 is 22.8 Å². The average molecular weight is 271 g/mol. The molecule has 0 aliphatic rings. The number of aromatic nitrogens is 4. The smallest absolute Gasteiger partial charge is 0.195 e. The maximum absolute atomic E-state index is 5.51. The van der Waals surface area contributed by atoms with Gasteiger partial charge in [-0.25, -0.2) is 15.0 Å². The molecule has 3 rings (SSSR count). The Morgan fingerprint density at radius 1 is 1.26 bits per heavy atom. The van der Waals surface area contributed by atoms with Gasteiger partial charge in [-0.15, -0.1) is 0 Å². The van der Waals surface area contributed by atoms with Crippen LogP contribution >= 0.6 is 11.8 Å². The van der Waals surface area contributed by atoms with Gasteiger partial charge in [0.25, 0.3) is 0 Å². The highest BCUT2D eigenvalue weighted by molar-refractivity contribution is 7.99. The normalized spacial score (nSPS) is 11.1. The standard InChI is InChI=1S/C13H13N5S/c1-8-2-3-10-11(4-8)18-13(17-10)19-12-15-6-9(5-14)7-16-12/h2-4,6-7H,5,14H2,1H3,(H,17,18). The van der Waals surface area contributed by atoms with Gasteiger partial charge in [-0.1, -0.05) is 6.07 Å². The van der Waals surface area contributed by atoms with E-state index in [-0.39, 0.29) is 0 Å². The Labute approximate surface area is 114 Å². The van der Waals surface area contributed by atoms with Gasteiger partial charge in [0.1, 0.15) is 0 Å². The highest BCUT2D eigenvalue weighted by Crippen LogP contribution is 2.24. The minimum Gasteiger partial charge on any atom is -0.333 e. The van der Waals surface area contributed by atoms with Crippen molar-refractivity contribution in [3.8, 4) is 0 Å². The molecule has 5 nitrogen and oxygen atoms in total. The van der Waals surface area contributed by atoms with Crippen LogP contribution in [-0.2, 0) is 6.54 Å². The van der Waals surface area contributed by atoms with Crippen LogP contribution < -0.4 is 5.73 Å². The van der Waals surface area contributed by atoms with Crippen molar-refractivity contribution in [1.82, 2.24) is 19.9 Å². The summed E-state index contributed by atoms with van der Waals surface area (Å²) in [5.41, 5.74) is 9.62. The van der Waals surface area contributed by atoms with Crippen LogP contribution in [0.15, 0.2) is 40.9 Å². The van der Waals surface area contributed by atoms with Gasteiger partial charge in [-0.05, 0) is 36.4 Å². The van der Waals surface area contributed by atoms with Crippen molar-refractivity contribution in [2.75, 3.05) is 0 Å². The molecule has 1 aromatic carbocycles. The van der Waals surface area contributed by atoms with Gasteiger partial charge < -0.3 is 10.7 Å². The highest BCUT2D eigenvalue weighted by Gasteiger charge is 2.06. The number of aryl methyl sites for hydroxylation is 1. The summed E-state index contributed by atoms with van der Waals surface area (Å²) in [5.74, 6) is 0. The minimum atomic E-state index is 0.453. The number of benzene rings is 1. The van der Waals surface area contributed by atoms with Gasteiger partial charge in [0.15, 0.2) is 10.3 Å². The molecule has 0 unspecified atom stereocenters. The molecule has 0 aliphatic heterocycles. The van der Waals surface area contributed by atoms with Crippen LogP contribution in [0, 0.1) is 6.92 Å². The van der Waals surface area contributed by atoms with E-state index in [9.17, 15) is 0 Å². The van der Waals surface area contributed by atoms with Crippen molar-refractivity contribution in [3.63, 3.8) is 0 Å². The fraction of sp³-hybridized carbons (Fsp3) is 0.154. The molecule has 0 spiro atoms. The lowest BCUT2D eigenvalue weighted by atomic mass is 10.2. The van der Waals surface area contributed by atoms with Crippen LogP contribution in [0.4, 0.5) is 0 Å². The van der Waals surface area contributed by atoms with Crippen LogP contribution in [0.1, 0.15) is 11.1 Å². The molecule has 2 heterocycles. The summed E-state index contributed by atoms with van der Waals surface area (Å²) in [6, 6.07) is 6.12. The first-order valence-electron chi connectivity index (χ1n) is 5.90. The van der Waals surface area contributed by atoms with Crippen LogP contribution in [0.5, 0.6) is 0 Å². The van der Waals surface area contributed by atoms with E-state index in [1.54, 1.807) is 12.4 Å². The molecule has 0 fully saturated rings. The van der Waals surface area contributed by atoms with Gasteiger partial charge in [0.05, 0.1) is 11.0 Å². The second kappa shape index (κ2) is 4.99. The molecule has 0 aliphatic carbocycles. The second-order valence-corrected chi connectivity index (χ2v) is 5.20. The van der Waals surface area contributed by atoms with Crippen molar-refractivity contribution < 1.29 is 0 Å². The van der Waals surface area contributed by atoms with E-state index in [1.807, 2.05) is 12.1 Å². The van der Waals surface area contributed by atoms with Crippen LogP contribution in [0.25, 0.3) is 11.0 Å². The molecule has 6 heteroatoms. The Morgan fingerprint density at radius 3 is 2.79 bits per heavy atom. The topological polar surface area (TPSA) is 80.5 Å². The van der Waals surface area contributed by atoms with Gasteiger partial charge in [-0.3, -0.25) is 0 Å². The summed E-state index contributed by atoms with van der Waals surface area (Å²) in [6.45, 7) is 2.51. The Bertz CT molecular complexity index is 705. The monoisotopic (exact) mass is 271 g/mol. The van der Waals surface area contributed by atoms with Crippen molar-refractivity contribution in [2.45, 2.75) is 23.8 Å². The lowest BCUT2D eigenvalue weighted by molar-refractivity contribution is 0.908. The Hall–Kier alpha value is -1.92. The van der Waals surface area contributed by atoms with E-state index < -0.39 is 0 Å². The maximum atomic E-state index is 5.51. The summed E-state index contributed by atoms with van der Waals surface area (Å²) in [6.07, 6.45) is 3.48. The van der Waals surface area contributed by atoms with Crippen molar-refractivity contribution in [2.24, 2.45) is 5.73 Å². The number of hydrogen-bond donors (Lipinski definition) is 2. The Balaban J connectivity index is 1.87. The number of hydrogen-bond acceptors (Lipinski definition) is 5. The molecule has 3 N–H and O–H groups in total. The zero-order valence-electron chi connectivity index (χ0n) is 10.4. The molecule has 96 valence electrons. The fourth-order valence-corrected chi connectivity index (χ4v) is 2.42. The molecule has 0 amide bonds. The number of nitrogens with two attached hydrogens (primary N) is 1. The number of imidazole rings is 1. The summed E-state index contributed by atoms with van der Waals surface area (Å²) < 4.78 is 0. The van der Waals surface area contributed by atoms with E-state index >= 15 is 0 Å². The quantitative estimate of drug-likeness (QED) is 0.714. The summed E-state index contributed by atoms with van der Waals surface area (Å²) in [7, 11) is 0. The first-order chi connectivity index (χ1) is 9.24. The van der Waals surface area contributed by atoms with Gasteiger partial charge in [-0.2, -0.15) is 0 Å². The summed E-state index contributed by atoms with van der Waals surface area (Å²) in [4.78, 5) is 16.2. The van der Waals surface area contributed by atoms with Gasteiger partial charge in [0, 0.05) is 24.5 Å². The number of aromatic amines is 1. The molecular weight excluding hydrogens is 258 g/mol. The van der Waals surface area contributed by atoms with Crippen molar-refractivity contribution in [1.29, 1.82) is 0 Å². The SMILES string of the molecule is Cc1ccc2nc(Sc3ncc(CN)cn3)[nH]c2c1. The second-order valence-electron chi connectivity index (χ2n) is 4.24. The zero-order valence-corrected chi connectivity index (χ0v) is 11.2. The number of nitrogens with zero attached hydrogens (tertiary/aromatic N) is 3. The molecule has 2 aromatic heterocycles. The number of nitrogens with one attached hydrogen (secondary N) is 1. The Morgan fingerprint density at radius 2 is 2.05 bits per heavy atom. The molecule has 0 saturated carbocycles. The molecule has 19 heavy (non-hydrogen) atoms. The lowest BCUT2D eigenvalue weighted by Gasteiger charge is -1.97. The predicted molar refractivity (Wildman–Crippen MR) is 74.9 cm³/mol. The number of H-pyrrole nitrogens is 1. The third-order valence-electron chi connectivity index (χ3n) is 2.72. The van der Waals surface area contributed by atoms with Crippen LogP contribution in [0.3, 0.4) is 0 Å². The maximum Gasteiger partial charge on any atom is 0.195 e. The lowest BCUT2D eigenvalue weighted by Crippen LogP contribution is -1.98. The molecule has 0 bridgehead atoms. The third-order valence-corrected chi connectivity index (χ3v) is 3.50. The molecule has 0 atom stereocenters. The van der Waals surface area contributed by atoms with E-state index in [4.69, 9.17) is 5.73 Å². The first-order valence-corrected chi connectivity index (χ1v) is 6.71. The predicted octanol–water partition coefficient (Wildman–Crippen LogP) is 2.27. The molecule has 0 radical (unpaired) electrons. The van der Waals surface area contributed by atoms with Crippen LogP contribution in [-0.4, -0.2) is 19.9 Å². The minimum absolute atomic E-state index is 0.453.